The number of carbonyl (C=O) groups is 1. The number of halogens is 1. The smallest absolute Gasteiger partial charge is 0.263 e. The van der Waals surface area contributed by atoms with Gasteiger partial charge in [-0.1, -0.05) is 23.7 Å². The van der Waals surface area contributed by atoms with Gasteiger partial charge in [-0.2, -0.15) is 0 Å². The topological polar surface area (TPSA) is 49.8 Å². The van der Waals surface area contributed by atoms with E-state index in [0.717, 1.165) is 12.8 Å². The molecule has 2 rings (SSSR count). The van der Waals surface area contributed by atoms with Gasteiger partial charge in [0.05, 0.1) is 17.7 Å². The van der Waals surface area contributed by atoms with E-state index < -0.39 is 6.10 Å². The molecule has 0 aromatic heterocycles. The van der Waals surface area contributed by atoms with Crippen LogP contribution in [-0.2, 0) is 4.79 Å². The minimum atomic E-state index is -0.605. The van der Waals surface area contributed by atoms with E-state index >= 15 is 0 Å². The molecule has 1 aliphatic rings. The molecule has 104 valence electrons. The molecule has 1 unspecified atom stereocenters. The maximum atomic E-state index is 12.3. The molecular weight excluding hydrogens is 266 g/mol. The summed E-state index contributed by atoms with van der Waals surface area (Å²) in [6, 6.07) is 7.00. The summed E-state index contributed by atoms with van der Waals surface area (Å²) in [6.07, 6.45) is 1.17. The van der Waals surface area contributed by atoms with Crippen molar-refractivity contribution in [2.75, 3.05) is 13.2 Å². The van der Waals surface area contributed by atoms with Crippen LogP contribution in [0.15, 0.2) is 24.3 Å². The predicted octanol–water partition coefficient (Wildman–Crippen LogP) is 2.09. The van der Waals surface area contributed by atoms with Gasteiger partial charge >= 0.3 is 0 Å². The number of aliphatic hydroxyl groups excluding tert-OH is 1. The third-order valence-corrected chi connectivity index (χ3v) is 3.67. The van der Waals surface area contributed by atoms with Gasteiger partial charge in [0, 0.05) is 6.54 Å². The van der Waals surface area contributed by atoms with Crippen LogP contribution >= 0.6 is 11.6 Å². The highest BCUT2D eigenvalue weighted by atomic mass is 35.5. The summed E-state index contributed by atoms with van der Waals surface area (Å²) >= 11 is 6.00. The Balaban J connectivity index is 2.02. The van der Waals surface area contributed by atoms with Crippen molar-refractivity contribution in [1.82, 2.24) is 4.90 Å². The lowest BCUT2D eigenvalue weighted by Crippen LogP contribution is -2.44. The zero-order valence-electron chi connectivity index (χ0n) is 10.9. The molecule has 1 N–H and O–H groups in total. The second-order valence-corrected chi connectivity index (χ2v) is 5.11. The van der Waals surface area contributed by atoms with Crippen molar-refractivity contribution in [2.24, 2.45) is 0 Å². The molecule has 5 heteroatoms. The molecule has 4 nitrogen and oxygen atoms in total. The summed E-state index contributed by atoms with van der Waals surface area (Å²) in [4.78, 5) is 14.0. The Bertz CT molecular complexity index is 452. The normalized spacial score (nSPS) is 20.4. The summed E-state index contributed by atoms with van der Waals surface area (Å²) in [6.45, 7) is 2.39. The van der Waals surface area contributed by atoms with E-state index in [4.69, 9.17) is 16.3 Å². The number of para-hydroxylation sites is 1. The molecule has 1 amide bonds. The van der Waals surface area contributed by atoms with Gasteiger partial charge in [-0.15, -0.1) is 0 Å². The maximum Gasteiger partial charge on any atom is 0.263 e. The van der Waals surface area contributed by atoms with Gasteiger partial charge in [0.25, 0.3) is 5.91 Å². The molecule has 1 saturated heterocycles. The monoisotopic (exact) mass is 283 g/mol. The number of hydrogen-bond acceptors (Lipinski definition) is 3. The first kappa shape index (κ1) is 14.2. The Kier molecular flexibility index (Phi) is 4.66. The van der Waals surface area contributed by atoms with Crippen LogP contribution in [0.1, 0.15) is 19.8 Å². The summed E-state index contributed by atoms with van der Waals surface area (Å²) in [5.74, 6) is 0.404. The van der Waals surface area contributed by atoms with Crippen LogP contribution < -0.4 is 4.74 Å². The van der Waals surface area contributed by atoms with E-state index in [1.807, 2.05) is 12.1 Å². The molecule has 19 heavy (non-hydrogen) atoms. The third-order valence-electron chi connectivity index (χ3n) is 3.36. The number of aliphatic hydroxyl groups is 1. The predicted molar refractivity (Wildman–Crippen MR) is 73.4 cm³/mol. The molecule has 1 fully saturated rings. The van der Waals surface area contributed by atoms with Crippen molar-refractivity contribution < 1.29 is 14.6 Å². The van der Waals surface area contributed by atoms with Crippen LogP contribution in [0.5, 0.6) is 5.75 Å². The van der Waals surface area contributed by atoms with Crippen molar-refractivity contribution in [2.45, 2.75) is 31.9 Å². The van der Waals surface area contributed by atoms with Crippen LogP contribution in [0, 0.1) is 0 Å². The number of carbonyl (C=O) groups excluding carboxylic acids is 1. The highest BCUT2D eigenvalue weighted by Gasteiger charge is 2.31. The number of rotatable bonds is 4. The van der Waals surface area contributed by atoms with E-state index in [9.17, 15) is 9.90 Å². The lowest BCUT2D eigenvalue weighted by Gasteiger charge is -2.26. The quantitative estimate of drug-likeness (QED) is 0.920. The van der Waals surface area contributed by atoms with E-state index in [1.165, 1.54) is 0 Å². The van der Waals surface area contributed by atoms with Crippen LogP contribution in [0.2, 0.25) is 5.02 Å². The highest BCUT2D eigenvalue weighted by molar-refractivity contribution is 6.32. The summed E-state index contributed by atoms with van der Waals surface area (Å²) in [7, 11) is 0. The van der Waals surface area contributed by atoms with E-state index in [2.05, 4.69) is 0 Å². The number of hydrogen-bond donors (Lipinski definition) is 1. The Labute approximate surface area is 117 Å². The lowest BCUT2D eigenvalue weighted by molar-refractivity contribution is -0.139. The number of amides is 1. The first-order chi connectivity index (χ1) is 9.13. The fourth-order valence-corrected chi connectivity index (χ4v) is 2.51. The SMILES string of the molecule is CC(Oc1ccccc1Cl)C(=O)N1CCC[C@H]1CO. The molecule has 0 bridgehead atoms. The van der Waals surface area contributed by atoms with Crippen LogP contribution in [0.4, 0.5) is 0 Å². The fraction of sp³-hybridized carbons (Fsp3) is 0.500. The second-order valence-electron chi connectivity index (χ2n) is 4.70. The molecule has 0 aliphatic carbocycles. The van der Waals surface area contributed by atoms with E-state index in [-0.39, 0.29) is 18.6 Å². The largest absolute Gasteiger partial charge is 0.479 e. The Hall–Kier alpha value is -1.26. The van der Waals surface area contributed by atoms with Crippen molar-refractivity contribution in [1.29, 1.82) is 0 Å². The highest BCUT2D eigenvalue weighted by Crippen LogP contribution is 2.25. The average molecular weight is 284 g/mol. The first-order valence-corrected chi connectivity index (χ1v) is 6.84. The minimum Gasteiger partial charge on any atom is -0.479 e. The molecule has 1 aliphatic heterocycles. The fourth-order valence-electron chi connectivity index (χ4n) is 2.33. The molecule has 2 atom stereocenters. The Morgan fingerprint density at radius 3 is 3.00 bits per heavy atom. The van der Waals surface area contributed by atoms with E-state index in [0.29, 0.717) is 17.3 Å². The summed E-state index contributed by atoms with van der Waals surface area (Å²) in [5, 5.41) is 9.73. The number of nitrogens with zero attached hydrogens (tertiary/aromatic N) is 1. The number of benzene rings is 1. The minimum absolute atomic E-state index is 0.00452. The number of ether oxygens (including phenoxy) is 1. The lowest BCUT2D eigenvalue weighted by atomic mass is 10.2. The van der Waals surface area contributed by atoms with Crippen LogP contribution in [0.3, 0.4) is 0 Å². The molecule has 0 radical (unpaired) electrons. The van der Waals surface area contributed by atoms with Crippen molar-refractivity contribution >= 4 is 17.5 Å². The van der Waals surface area contributed by atoms with Gasteiger partial charge < -0.3 is 14.7 Å². The van der Waals surface area contributed by atoms with Gasteiger partial charge in [0.1, 0.15) is 5.75 Å². The van der Waals surface area contributed by atoms with Gasteiger partial charge in [0.15, 0.2) is 6.10 Å². The zero-order chi connectivity index (χ0) is 13.8. The standard InChI is InChI=1S/C14H18ClNO3/c1-10(19-13-7-3-2-6-12(13)15)14(18)16-8-4-5-11(16)9-17/h2-3,6-7,10-11,17H,4-5,8-9H2,1H3/t10?,11-/m0/s1. The molecule has 1 aromatic rings. The Morgan fingerprint density at radius 1 is 1.58 bits per heavy atom. The van der Waals surface area contributed by atoms with Crippen molar-refractivity contribution in [3.05, 3.63) is 29.3 Å². The molecule has 0 saturated carbocycles. The van der Waals surface area contributed by atoms with Gasteiger partial charge in [-0.05, 0) is 31.9 Å². The van der Waals surface area contributed by atoms with Crippen molar-refractivity contribution in [3.8, 4) is 5.75 Å². The van der Waals surface area contributed by atoms with Crippen LogP contribution in [-0.4, -0.2) is 41.2 Å². The molecule has 0 spiro atoms. The van der Waals surface area contributed by atoms with Crippen LogP contribution in [0.25, 0.3) is 0 Å². The second kappa shape index (κ2) is 6.26. The van der Waals surface area contributed by atoms with Gasteiger partial charge in [-0.25, -0.2) is 0 Å². The third kappa shape index (κ3) is 3.19. The summed E-state index contributed by atoms with van der Waals surface area (Å²) < 4.78 is 5.61. The van der Waals surface area contributed by atoms with Gasteiger partial charge in [0.2, 0.25) is 0 Å². The van der Waals surface area contributed by atoms with Gasteiger partial charge in [-0.3, -0.25) is 4.79 Å². The maximum absolute atomic E-state index is 12.3. The number of likely N-dealkylation sites (tertiary alicyclic amines) is 1. The first-order valence-electron chi connectivity index (χ1n) is 6.46. The van der Waals surface area contributed by atoms with Crippen molar-refractivity contribution in [3.63, 3.8) is 0 Å². The van der Waals surface area contributed by atoms with E-state index in [1.54, 1.807) is 24.0 Å². The zero-order valence-corrected chi connectivity index (χ0v) is 11.6. The molecule has 1 aromatic carbocycles. The summed E-state index contributed by atoms with van der Waals surface area (Å²) in [5.41, 5.74) is 0. The molecule has 1 heterocycles. The average Bonchev–Trinajstić information content (AvgIpc) is 2.88. The molecular formula is C14H18ClNO3. The Morgan fingerprint density at radius 2 is 2.32 bits per heavy atom.